The topological polar surface area (TPSA) is 96.0 Å². The highest BCUT2D eigenvalue weighted by Crippen LogP contribution is 2.29. The van der Waals surface area contributed by atoms with E-state index in [9.17, 15) is 18.0 Å². The van der Waals surface area contributed by atoms with E-state index < -0.39 is 22.6 Å². The Morgan fingerprint density at radius 2 is 1.80 bits per heavy atom. The van der Waals surface area contributed by atoms with Crippen molar-refractivity contribution >= 4 is 27.6 Å². The number of amides is 1. The Kier molecular flexibility index (Phi) is 8.66. The van der Waals surface area contributed by atoms with Gasteiger partial charge in [0.15, 0.2) is 6.61 Å². The lowest BCUT2D eigenvalue weighted by atomic mass is 10.1. The molecular formula is C21H33N3O5S. The summed E-state index contributed by atoms with van der Waals surface area (Å²) in [5.74, 6) is -0.798. The van der Waals surface area contributed by atoms with E-state index in [0.717, 1.165) is 25.9 Å². The molecule has 0 aromatic heterocycles. The van der Waals surface area contributed by atoms with Crippen LogP contribution in [-0.4, -0.2) is 63.9 Å². The fraction of sp³-hybridized carbons (Fsp3) is 0.619. The number of carbonyl (C=O) groups excluding carboxylic acids is 2. The normalized spacial score (nSPS) is 14.4. The van der Waals surface area contributed by atoms with Crippen LogP contribution in [0.15, 0.2) is 23.1 Å². The Labute approximate surface area is 179 Å². The third-order valence-electron chi connectivity index (χ3n) is 5.02. The molecule has 1 aliphatic rings. The van der Waals surface area contributed by atoms with E-state index in [2.05, 4.69) is 5.32 Å². The second kappa shape index (κ2) is 10.8. The summed E-state index contributed by atoms with van der Waals surface area (Å²) >= 11 is 0. The van der Waals surface area contributed by atoms with Gasteiger partial charge in [-0.2, -0.15) is 4.31 Å². The minimum Gasteiger partial charge on any atom is -0.452 e. The fourth-order valence-corrected chi connectivity index (χ4v) is 4.85. The quantitative estimate of drug-likeness (QED) is 0.562. The molecule has 1 fully saturated rings. The predicted molar refractivity (Wildman–Crippen MR) is 116 cm³/mol. The van der Waals surface area contributed by atoms with Gasteiger partial charge in [0.25, 0.3) is 5.91 Å². The predicted octanol–water partition coefficient (Wildman–Crippen LogP) is 2.25. The molecule has 0 saturated carbocycles. The molecule has 30 heavy (non-hydrogen) atoms. The van der Waals surface area contributed by atoms with Gasteiger partial charge >= 0.3 is 5.97 Å². The summed E-state index contributed by atoms with van der Waals surface area (Å²) in [5.41, 5.74) is 0.806. The Morgan fingerprint density at radius 1 is 1.17 bits per heavy atom. The van der Waals surface area contributed by atoms with E-state index >= 15 is 0 Å². The van der Waals surface area contributed by atoms with Crippen LogP contribution in [0.4, 0.5) is 5.69 Å². The highest BCUT2D eigenvalue weighted by molar-refractivity contribution is 7.89. The van der Waals surface area contributed by atoms with E-state index in [4.69, 9.17) is 4.74 Å². The van der Waals surface area contributed by atoms with E-state index in [1.54, 1.807) is 19.9 Å². The summed E-state index contributed by atoms with van der Waals surface area (Å²) in [4.78, 5) is 26.8. The third-order valence-corrected chi connectivity index (χ3v) is 7.07. The van der Waals surface area contributed by atoms with Gasteiger partial charge in [0.2, 0.25) is 10.0 Å². The number of carbonyl (C=O) groups is 2. The van der Waals surface area contributed by atoms with Crippen molar-refractivity contribution in [1.29, 1.82) is 0 Å². The second-order valence-electron chi connectivity index (χ2n) is 7.74. The Balaban J connectivity index is 2.29. The molecule has 2 rings (SSSR count). The van der Waals surface area contributed by atoms with Crippen LogP contribution in [0.1, 0.15) is 50.9 Å². The molecule has 0 bridgehead atoms. The number of nitrogens with one attached hydrogen (secondary N) is 1. The van der Waals surface area contributed by atoms with Gasteiger partial charge in [-0.05, 0) is 37.0 Å². The molecule has 0 atom stereocenters. The van der Waals surface area contributed by atoms with Gasteiger partial charge in [0, 0.05) is 32.7 Å². The number of ether oxygens (including phenoxy) is 1. The first kappa shape index (κ1) is 24.1. The van der Waals surface area contributed by atoms with Gasteiger partial charge in [-0.25, -0.2) is 13.2 Å². The maximum atomic E-state index is 12.9. The number of nitrogens with zero attached hydrogens (tertiary/aromatic N) is 2. The molecule has 1 saturated heterocycles. The van der Waals surface area contributed by atoms with Crippen LogP contribution in [0.2, 0.25) is 0 Å². The summed E-state index contributed by atoms with van der Waals surface area (Å²) in [7, 11) is -3.72. The highest BCUT2D eigenvalue weighted by atomic mass is 32.2. The molecule has 1 N–H and O–H groups in total. The molecule has 0 aliphatic carbocycles. The van der Waals surface area contributed by atoms with Crippen molar-refractivity contribution in [2.75, 3.05) is 44.2 Å². The van der Waals surface area contributed by atoms with Crippen molar-refractivity contribution < 1.29 is 22.7 Å². The van der Waals surface area contributed by atoms with E-state index in [-0.39, 0.29) is 22.3 Å². The van der Waals surface area contributed by atoms with Gasteiger partial charge in [-0.1, -0.05) is 27.7 Å². The lowest BCUT2D eigenvalue weighted by Crippen LogP contribution is -2.32. The lowest BCUT2D eigenvalue weighted by Gasteiger charge is -2.23. The van der Waals surface area contributed by atoms with Gasteiger partial charge in [-0.15, -0.1) is 0 Å². The lowest BCUT2D eigenvalue weighted by molar-refractivity contribution is -0.124. The first-order valence-electron chi connectivity index (χ1n) is 10.5. The van der Waals surface area contributed by atoms with Gasteiger partial charge in [0.05, 0.1) is 16.1 Å². The number of esters is 1. The minimum absolute atomic E-state index is 0.0466. The summed E-state index contributed by atoms with van der Waals surface area (Å²) in [6.07, 6.45) is 2.01. The number of hydrogen-bond acceptors (Lipinski definition) is 6. The molecule has 0 spiro atoms. The number of sulfonamides is 1. The monoisotopic (exact) mass is 439 g/mol. The Morgan fingerprint density at radius 3 is 2.37 bits per heavy atom. The largest absolute Gasteiger partial charge is 0.452 e. The minimum atomic E-state index is -3.72. The van der Waals surface area contributed by atoms with Crippen LogP contribution in [0.3, 0.4) is 0 Å². The van der Waals surface area contributed by atoms with Crippen LogP contribution in [0.25, 0.3) is 0 Å². The zero-order valence-corrected chi connectivity index (χ0v) is 19.1. The van der Waals surface area contributed by atoms with Crippen molar-refractivity contribution in [2.24, 2.45) is 5.92 Å². The number of hydrogen-bond donors (Lipinski definition) is 1. The molecule has 1 aromatic rings. The van der Waals surface area contributed by atoms with Crippen LogP contribution < -0.4 is 10.2 Å². The fourth-order valence-electron chi connectivity index (χ4n) is 3.36. The molecule has 1 aliphatic heterocycles. The standard InChI is InChI=1S/C21H33N3O5S/c1-5-24(6-2)30(27,28)17-9-10-19(23-11-7-8-12-23)18(13-17)21(26)29-15-20(25)22-14-16(3)4/h9-10,13,16H,5-8,11-12,14-15H2,1-4H3,(H,22,25). The summed E-state index contributed by atoms with van der Waals surface area (Å²) in [6, 6.07) is 4.57. The van der Waals surface area contributed by atoms with Gasteiger partial charge in [0.1, 0.15) is 0 Å². The molecule has 0 radical (unpaired) electrons. The van der Waals surface area contributed by atoms with Crippen molar-refractivity contribution in [3.05, 3.63) is 23.8 Å². The molecule has 1 amide bonds. The maximum Gasteiger partial charge on any atom is 0.340 e. The summed E-state index contributed by atoms with van der Waals surface area (Å²) in [5, 5.41) is 2.70. The molecule has 168 valence electrons. The molecule has 1 aromatic carbocycles. The first-order chi connectivity index (χ1) is 14.2. The van der Waals surface area contributed by atoms with Crippen LogP contribution in [0.5, 0.6) is 0 Å². The van der Waals surface area contributed by atoms with Crippen LogP contribution >= 0.6 is 0 Å². The smallest absolute Gasteiger partial charge is 0.340 e. The van der Waals surface area contributed by atoms with Crippen molar-refractivity contribution in [1.82, 2.24) is 9.62 Å². The van der Waals surface area contributed by atoms with E-state index in [1.165, 1.54) is 16.4 Å². The maximum absolute atomic E-state index is 12.9. The number of rotatable bonds is 10. The van der Waals surface area contributed by atoms with Crippen molar-refractivity contribution in [2.45, 2.75) is 45.4 Å². The highest BCUT2D eigenvalue weighted by Gasteiger charge is 2.27. The molecular weight excluding hydrogens is 406 g/mol. The van der Waals surface area contributed by atoms with Gasteiger partial charge < -0.3 is 15.0 Å². The second-order valence-corrected chi connectivity index (χ2v) is 9.67. The molecule has 8 nitrogen and oxygen atoms in total. The van der Waals surface area contributed by atoms with Crippen LogP contribution in [-0.2, 0) is 19.6 Å². The van der Waals surface area contributed by atoms with Crippen molar-refractivity contribution in [3.8, 4) is 0 Å². The van der Waals surface area contributed by atoms with Crippen molar-refractivity contribution in [3.63, 3.8) is 0 Å². The van der Waals surface area contributed by atoms with E-state index in [1.807, 2.05) is 18.7 Å². The Bertz CT molecular complexity index is 844. The molecule has 9 heteroatoms. The summed E-state index contributed by atoms with van der Waals surface area (Å²) in [6.45, 7) is 9.81. The zero-order valence-electron chi connectivity index (χ0n) is 18.3. The SMILES string of the molecule is CCN(CC)S(=O)(=O)c1ccc(N2CCCC2)c(C(=O)OCC(=O)NCC(C)C)c1. The third kappa shape index (κ3) is 5.95. The number of anilines is 1. The van der Waals surface area contributed by atoms with E-state index in [0.29, 0.717) is 25.3 Å². The zero-order chi connectivity index (χ0) is 22.3. The Hall–Kier alpha value is -2.13. The van der Waals surface area contributed by atoms with Gasteiger partial charge in [-0.3, -0.25) is 4.79 Å². The molecule has 0 unspecified atom stereocenters. The average Bonchev–Trinajstić information content (AvgIpc) is 3.25. The van der Waals surface area contributed by atoms with Crippen LogP contribution in [0, 0.1) is 5.92 Å². The number of benzene rings is 1. The molecule has 1 heterocycles. The summed E-state index contributed by atoms with van der Waals surface area (Å²) < 4.78 is 32.4. The first-order valence-corrected chi connectivity index (χ1v) is 12.0. The average molecular weight is 440 g/mol.